The summed E-state index contributed by atoms with van der Waals surface area (Å²) in [5, 5.41) is 11.1. The maximum Gasteiger partial charge on any atom is 0.257 e. The lowest BCUT2D eigenvalue weighted by atomic mass is 10.1. The van der Waals surface area contributed by atoms with Crippen LogP contribution in [0.1, 0.15) is 23.2 Å². The molecule has 0 aromatic heterocycles. The first kappa shape index (κ1) is 14.7. The molecule has 1 aromatic rings. The van der Waals surface area contributed by atoms with E-state index in [1.54, 1.807) is 0 Å². The molecule has 2 N–H and O–H groups in total. The van der Waals surface area contributed by atoms with Crippen LogP contribution in [0.2, 0.25) is 0 Å². The Hall–Kier alpha value is -1.70. The third-order valence-corrected chi connectivity index (χ3v) is 3.35. The highest BCUT2D eigenvalue weighted by atomic mass is 19.2. The molecule has 1 aromatic carbocycles. The van der Waals surface area contributed by atoms with Gasteiger partial charge in [-0.2, -0.15) is 0 Å². The Labute approximate surface area is 110 Å². The second-order valence-corrected chi connectivity index (χ2v) is 4.79. The van der Waals surface area contributed by atoms with Crippen molar-refractivity contribution in [2.75, 3.05) is 13.2 Å². The van der Waals surface area contributed by atoms with Crippen molar-refractivity contribution in [3.05, 3.63) is 34.6 Å². The van der Waals surface area contributed by atoms with Crippen LogP contribution in [0, 0.1) is 34.5 Å². The van der Waals surface area contributed by atoms with Crippen LogP contribution in [0.5, 0.6) is 0 Å². The summed E-state index contributed by atoms with van der Waals surface area (Å²) in [4.78, 5) is 11.6. The van der Waals surface area contributed by atoms with Crippen molar-refractivity contribution in [1.29, 1.82) is 0 Å². The zero-order valence-electron chi connectivity index (χ0n) is 10.1. The molecule has 1 fully saturated rings. The Morgan fingerprint density at radius 1 is 1.00 bits per heavy atom. The van der Waals surface area contributed by atoms with E-state index in [1.165, 1.54) is 0 Å². The van der Waals surface area contributed by atoms with E-state index in [0.29, 0.717) is 12.8 Å². The van der Waals surface area contributed by atoms with Gasteiger partial charge in [-0.05, 0) is 12.8 Å². The largest absolute Gasteiger partial charge is 0.396 e. The zero-order chi connectivity index (χ0) is 15.1. The van der Waals surface area contributed by atoms with Gasteiger partial charge < -0.3 is 10.4 Å². The standard InChI is InChI=1S/C12H10F5NO2/c13-6-5(7(14)9(16)10(17)8(6)15)11(20)18-3-12(4-19)1-2-12/h19H,1-4H2,(H,18,20). The Morgan fingerprint density at radius 3 is 1.85 bits per heavy atom. The zero-order valence-corrected chi connectivity index (χ0v) is 10.1. The van der Waals surface area contributed by atoms with Crippen LogP contribution in [-0.4, -0.2) is 24.2 Å². The fourth-order valence-electron chi connectivity index (χ4n) is 1.73. The number of carbonyl (C=O) groups is 1. The van der Waals surface area contributed by atoms with Gasteiger partial charge in [-0.15, -0.1) is 0 Å². The van der Waals surface area contributed by atoms with Gasteiger partial charge in [0.15, 0.2) is 23.3 Å². The maximum atomic E-state index is 13.3. The van der Waals surface area contributed by atoms with Crippen LogP contribution in [0.3, 0.4) is 0 Å². The molecule has 0 saturated heterocycles. The Kier molecular flexibility index (Phi) is 3.68. The van der Waals surface area contributed by atoms with Crippen molar-refractivity contribution in [3.63, 3.8) is 0 Å². The van der Waals surface area contributed by atoms with Crippen LogP contribution in [0.15, 0.2) is 0 Å². The van der Waals surface area contributed by atoms with Gasteiger partial charge in [-0.25, -0.2) is 22.0 Å². The number of rotatable bonds is 4. The lowest BCUT2D eigenvalue weighted by Gasteiger charge is -2.13. The minimum Gasteiger partial charge on any atom is -0.396 e. The molecule has 0 heterocycles. The summed E-state index contributed by atoms with van der Waals surface area (Å²) in [5.74, 6) is -12.4. The molecule has 20 heavy (non-hydrogen) atoms. The predicted octanol–water partition coefficient (Wildman–Crippen LogP) is 1.88. The maximum absolute atomic E-state index is 13.3. The van der Waals surface area contributed by atoms with E-state index in [2.05, 4.69) is 5.32 Å². The summed E-state index contributed by atoms with van der Waals surface area (Å²) in [6.45, 7) is -0.327. The average molecular weight is 295 g/mol. The van der Waals surface area contributed by atoms with E-state index >= 15 is 0 Å². The van der Waals surface area contributed by atoms with Crippen LogP contribution in [-0.2, 0) is 0 Å². The number of carbonyl (C=O) groups excluding carboxylic acids is 1. The molecule has 0 aliphatic heterocycles. The lowest BCUT2D eigenvalue weighted by Crippen LogP contribution is -2.33. The molecule has 0 atom stereocenters. The number of hydrogen-bond donors (Lipinski definition) is 2. The number of benzene rings is 1. The van der Waals surface area contributed by atoms with Gasteiger partial charge in [-0.3, -0.25) is 4.79 Å². The number of amides is 1. The topological polar surface area (TPSA) is 49.3 Å². The van der Waals surface area contributed by atoms with Crippen LogP contribution in [0.4, 0.5) is 22.0 Å². The smallest absolute Gasteiger partial charge is 0.257 e. The van der Waals surface area contributed by atoms with Crippen LogP contribution < -0.4 is 5.32 Å². The van der Waals surface area contributed by atoms with Gasteiger partial charge in [0, 0.05) is 12.0 Å². The van der Waals surface area contributed by atoms with Crippen molar-refractivity contribution >= 4 is 5.91 Å². The van der Waals surface area contributed by atoms with Gasteiger partial charge in [0.2, 0.25) is 5.82 Å². The molecule has 2 rings (SSSR count). The highest BCUT2D eigenvalue weighted by Crippen LogP contribution is 2.44. The Morgan fingerprint density at radius 2 is 1.45 bits per heavy atom. The second-order valence-electron chi connectivity index (χ2n) is 4.79. The van der Waals surface area contributed by atoms with Crippen molar-refractivity contribution in [2.45, 2.75) is 12.8 Å². The summed E-state index contributed by atoms with van der Waals surface area (Å²) in [6, 6.07) is 0. The van der Waals surface area contributed by atoms with Gasteiger partial charge in [-0.1, -0.05) is 0 Å². The number of halogens is 5. The number of aliphatic hydroxyl groups excluding tert-OH is 1. The Balaban J connectivity index is 2.26. The third-order valence-electron chi connectivity index (χ3n) is 3.35. The van der Waals surface area contributed by atoms with E-state index in [0.717, 1.165) is 0 Å². The summed E-state index contributed by atoms with van der Waals surface area (Å²) >= 11 is 0. The quantitative estimate of drug-likeness (QED) is 0.506. The number of aliphatic hydroxyl groups is 1. The van der Waals surface area contributed by atoms with Crippen molar-refractivity contribution in [3.8, 4) is 0 Å². The van der Waals surface area contributed by atoms with Crippen LogP contribution in [0.25, 0.3) is 0 Å². The van der Waals surface area contributed by atoms with Gasteiger partial charge in [0.1, 0.15) is 5.56 Å². The van der Waals surface area contributed by atoms with Crippen molar-refractivity contribution in [1.82, 2.24) is 5.32 Å². The molecular formula is C12H10F5NO2. The molecule has 1 aliphatic carbocycles. The number of nitrogens with one attached hydrogen (secondary N) is 1. The molecule has 3 nitrogen and oxygen atoms in total. The van der Waals surface area contributed by atoms with E-state index in [1.807, 2.05) is 0 Å². The molecule has 1 aliphatic rings. The van der Waals surface area contributed by atoms with Crippen molar-refractivity contribution < 1.29 is 31.9 Å². The van der Waals surface area contributed by atoms with E-state index < -0.39 is 46.0 Å². The van der Waals surface area contributed by atoms with Crippen molar-refractivity contribution in [2.24, 2.45) is 5.41 Å². The fourth-order valence-corrected chi connectivity index (χ4v) is 1.73. The molecule has 0 radical (unpaired) electrons. The number of hydrogen-bond acceptors (Lipinski definition) is 2. The van der Waals surface area contributed by atoms with Gasteiger partial charge >= 0.3 is 0 Å². The normalized spacial score (nSPS) is 16.1. The molecule has 110 valence electrons. The predicted molar refractivity (Wildman–Crippen MR) is 57.3 cm³/mol. The fraction of sp³-hybridized carbons (Fsp3) is 0.417. The molecular weight excluding hydrogens is 285 g/mol. The lowest BCUT2D eigenvalue weighted by molar-refractivity contribution is 0.0923. The summed E-state index contributed by atoms with van der Waals surface area (Å²) in [5.41, 5.74) is -2.07. The van der Waals surface area contributed by atoms with Gasteiger partial charge in [0.25, 0.3) is 5.91 Å². The molecule has 8 heteroatoms. The second kappa shape index (κ2) is 5.01. The summed E-state index contributed by atoms with van der Waals surface area (Å²) in [7, 11) is 0. The third kappa shape index (κ3) is 2.35. The highest BCUT2D eigenvalue weighted by Gasteiger charge is 2.42. The molecule has 1 amide bonds. The molecule has 1 saturated carbocycles. The van der Waals surface area contributed by atoms with E-state index in [4.69, 9.17) is 5.11 Å². The SMILES string of the molecule is O=C(NCC1(CO)CC1)c1c(F)c(F)c(F)c(F)c1F. The average Bonchev–Trinajstić information content (AvgIpc) is 3.22. The van der Waals surface area contributed by atoms with Gasteiger partial charge in [0.05, 0.1) is 6.61 Å². The molecule has 0 spiro atoms. The Bertz CT molecular complexity index is 542. The monoisotopic (exact) mass is 295 g/mol. The van der Waals surface area contributed by atoms with E-state index in [-0.39, 0.29) is 13.2 Å². The van der Waals surface area contributed by atoms with E-state index in [9.17, 15) is 26.7 Å². The summed E-state index contributed by atoms with van der Waals surface area (Å²) < 4.78 is 65.4. The highest BCUT2D eigenvalue weighted by molar-refractivity contribution is 5.94. The first-order chi connectivity index (χ1) is 9.33. The first-order valence-corrected chi connectivity index (χ1v) is 5.73. The first-order valence-electron chi connectivity index (χ1n) is 5.73. The minimum atomic E-state index is -2.31. The minimum absolute atomic E-state index is 0.0954. The molecule has 0 bridgehead atoms. The molecule has 0 unspecified atom stereocenters. The van der Waals surface area contributed by atoms with Crippen LogP contribution >= 0.6 is 0 Å². The summed E-state index contributed by atoms with van der Waals surface area (Å²) in [6.07, 6.45) is 1.22.